The molecule has 2 atom stereocenters. The second-order valence-corrected chi connectivity index (χ2v) is 5.33. The van der Waals surface area contributed by atoms with Crippen LogP contribution in [-0.4, -0.2) is 35.3 Å². The largest absolute Gasteiger partial charge is 0.314 e. The van der Waals surface area contributed by atoms with Crippen molar-refractivity contribution in [3.8, 4) is 0 Å². The maximum atomic E-state index is 13.2. The molecule has 6 heteroatoms. The highest BCUT2D eigenvalue weighted by atomic mass is 19.2. The maximum absolute atomic E-state index is 13.2. The van der Waals surface area contributed by atoms with Crippen molar-refractivity contribution in [1.29, 1.82) is 0 Å². The van der Waals surface area contributed by atoms with Crippen LogP contribution in [0.2, 0.25) is 0 Å². The van der Waals surface area contributed by atoms with Gasteiger partial charge < -0.3 is 5.32 Å². The monoisotopic (exact) mass is 280 g/mol. The summed E-state index contributed by atoms with van der Waals surface area (Å²) < 4.78 is 26.5. The van der Waals surface area contributed by atoms with Gasteiger partial charge in [0.15, 0.2) is 11.6 Å². The number of hydrogen-bond donors (Lipinski definition) is 1. The predicted octanol–water partition coefficient (Wildman–Crippen LogP) is 1.70. The summed E-state index contributed by atoms with van der Waals surface area (Å²) in [6.07, 6.45) is 1.30. The topological polar surface area (TPSA) is 49.4 Å². The fourth-order valence-corrected chi connectivity index (χ4v) is 2.92. The molecule has 0 aromatic heterocycles. The highest BCUT2D eigenvalue weighted by Gasteiger charge is 2.41. The number of hydrogen-bond acceptors (Lipinski definition) is 3. The van der Waals surface area contributed by atoms with E-state index >= 15 is 0 Å². The second kappa shape index (κ2) is 4.63. The van der Waals surface area contributed by atoms with E-state index in [1.54, 1.807) is 0 Å². The van der Waals surface area contributed by atoms with Gasteiger partial charge in [0.1, 0.15) is 0 Å². The van der Waals surface area contributed by atoms with Crippen molar-refractivity contribution >= 4 is 11.8 Å². The summed E-state index contributed by atoms with van der Waals surface area (Å²) in [4.78, 5) is 25.7. The van der Waals surface area contributed by atoms with Gasteiger partial charge in [0.2, 0.25) is 0 Å². The Morgan fingerprint density at radius 1 is 1.15 bits per heavy atom. The molecule has 1 saturated heterocycles. The number of imide groups is 1. The van der Waals surface area contributed by atoms with Gasteiger partial charge in [-0.3, -0.25) is 14.5 Å². The quantitative estimate of drug-likeness (QED) is 0.797. The SMILES string of the molecule is CC1CC(N2C(=O)c3cc(F)c(F)cc3C2=O)CCN1. The van der Waals surface area contributed by atoms with Gasteiger partial charge in [-0.2, -0.15) is 0 Å². The van der Waals surface area contributed by atoms with Crippen molar-refractivity contribution in [2.75, 3.05) is 6.54 Å². The van der Waals surface area contributed by atoms with Gasteiger partial charge in [0, 0.05) is 12.1 Å². The highest BCUT2D eigenvalue weighted by molar-refractivity contribution is 6.21. The molecule has 2 heterocycles. The molecule has 0 bridgehead atoms. The van der Waals surface area contributed by atoms with Crippen molar-refractivity contribution in [3.05, 3.63) is 34.9 Å². The van der Waals surface area contributed by atoms with Crippen LogP contribution >= 0.6 is 0 Å². The number of nitrogens with zero attached hydrogens (tertiary/aromatic N) is 1. The predicted molar refractivity (Wildman–Crippen MR) is 67.3 cm³/mol. The minimum atomic E-state index is -1.11. The van der Waals surface area contributed by atoms with Crippen LogP contribution in [0.5, 0.6) is 0 Å². The molecule has 2 amide bonds. The first kappa shape index (κ1) is 13.2. The van der Waals surface area contributed by atoms with Crippen LogP contribution in [-0.2, 0) is 0 Å². The molecule has 0 saturated carbocycles. The van der Waals surface area contributed by atoms with Crippen LogP contribution in [0.25, 0.3) is 0 Å². The van der Waals surface area contributed by atoms with Crippen LogP contribution in [0.4, 0.5) is 8.78 Å². The van der Waals surface area contributed by atoms with E-state index in [0.29, 0.717) is 19.4 Å². The second-order valence-electron chi connectivity index (χ2n) is 5.33. The minimum Gasteiger partial charge on any atom is -0.314 e. The Kier molecular flexibility index (Phi) is 3.05. The van der Waals surface area contributed by atoms with Crippen molar-refractivity contribution in [2.45, 2.75) is 31.8 Å². The molecule has 2 unspecified atom stereocenters. The van der Waals surface area contributed by atoms with E-state index in [1.165, 1.54) is 0 Å². The number of piperidine rings is 1. The molecule has 2 aliphatic rings. The normalized spacial score (nSPS) is 26.1. The fraction of sp³-hybridized carbons (Fsp3) is 0.429. The molecule has 4 nitrogen and oxygen atoms in total. The van der Waals surface area contributed by atoms with E-state index in [0.717, 1.165) is 17.0 Å². The Morgan fingerprint density at radius 2 is 1.70 bits per heavy atom. The zero-order valence-electron chi connectivity index (χ0n) is 11.0. The van der Waals surface area contributed by atoms with Gasteiger partial charge in [-0.25, -0.2) is 8.78 Å². The van der Waals surface area contributed by atoms with E-state index in [9.17, 15) is 18.4 Å². The van der Waals surface area contributed by atoms with Gasteiger partial charge in [-0.05, 0) is 38.4 Å². The molecule has 1 aromatic rings. The first-order valence-electron chi connectivity index (χ1n) is 6.59. The van der Waals surface area contributed by atoms with E-state index in [4.69, 9.17) is 0 Å². The standard InChI is InChI=1S/C14H14F2N2O2/c1-7-4-8(2-3-17-7)18-13(19)9-5-11(15)12(16)6-10(9)14(18)20/h5-8,17H,2-4H2,1H3. The number of carbonyl (C=O) groups excluding carboxylic acids is 2. The van der Waals surface area contributed by atoms with E-state index in [2.05, 4.69) is 5.32 Å². The molecule has 20 heavy (non-hydrogen) atoms. The molecule has 106 valence electrons. The van der Waals surface area contributed by atoms with Crippen molar-refractivity contribution in [2.24, 2.45) is 0 Å². The number of benzene rings is 1. The van der Waals surface area contributed by atoms with Crippen molar-refractivity contribution in [1.82, 2.24) is 10.2 Å². The molecular weight excluding hydrogens is 266 g/mol. The van der Waals surface area contributed by atoms with Gasteiger partial charge >= 0.3 is 0 Å². The van der Waals surface area contributed by atoms with Crippen molar-refractivity contribution < 1.29 is 18.4 Å². The Bertz CT molecular complexity index is 562. The third-order valence-electron chi connectivity index (χ3n) is 3.92. The summed E-state index contributed by atoms with van der Waals surface area (Å²) >= 11 is 0. The molecule has 0 radical (unpaired) electrons. The summed E-state index contributed by atoms with van der Waals surface area (Å²) in [6.45, 7) is 2.69. The smallest absolute Gasteiger partial charge is 0.261 e. The molecule has 0 aliphatic carbocycles. The van der Waals surface area contributed by atoms with E-state index in [1.807, 2.05) is 6.92 Å². The Morgan fingerprint density at radius 3 is 2.20 bits per heavy atom. The number of rotatable bonds is 1. The van der Waals surface area contributed by atoms with Gasteiger partial charge in [-0.15, -0.1) is 0 Å². The summed E-state index contributed by atoms with van der Waals surface area (Å²) in [5, 5.41) is 3.24. The van der Waals surface area contributed by atoms with Gasteiger partial charge in [0.25, 0.3) is 11.8 Å². The van der Waals surface area contributed by atoms with Crippen LogP contribution < -0.4 is 5.32 Å². The summed E-state index contributed by atoms with van der Waals surface area (Å²) in [7, 11) is 0. The first-order chi connectivity index (χ1) is 9.49. The lowest BCUT2D eigenvalue weighted by Gasteiger charge is -2.33. The van der Waals surface area contributed by atoms with Gasteiger partial charge in [0.05, 0.1) is 11.1 Å². The molecule has 3 rings (SSSR count). The lowest BCUT2D eigenvalue weighted by atomic mass is 9.99. The van der Waals surface area contributed by atoms with Crippen LogP contribution in [0, 0.1) is 11.6 Å². The average Bonchev–Trinajstić information content (AvgIpc) is 2.63. The van der Waals surface area contributed by atoms with E-state index < -0.39 is 23.4 Å². The van der Waals surface area contributed by atoms with E-state index in [-0.39, 0.29) is 23.2 Å². The molecule has 1 N–H and O–H groups in total. The fourth-order valence-electron chi connectivity index (χ4n) is 2.92. The maximum Gasteiger partial charge on any atom is 0.261 e. The molecule has 0 spiro atoms. The molecular formula is C14H14F2N2O2. The molecule has 2 aliphatic heterocycles. The Balaban J connectivity index is 1.97. The van der Waals surface area contributed by atoms with Crippen LogP contribution in [0.15, 0.2) is 12.1 Å². The third-order valence-corrected chi connectivity index (χ3v) is 3.92. The zero-order chi connectivity index (χ0) is 14.4. The van der Waals surface area contributed by atoms with Crippen molar-refractivity contribution in [3.63, 3.8) is 0 Å². The first-order valence-corrected chi connectivity index (χ1v) is 6.59. The van der Waals surface area contributed by atoms with Crippen LogP contribution in [0.3, 0.4) is 0 Å². The molecule has 1 fully saturated rings. The number of carbonyl (C=O) groups is 2. The number of amides is 2. The Hall–Kier alpha value is -1.82. The number of fused-ring (bicyclic) bond motifs is 1. The average molecular weight is 280 g/mol. The number of nitrogens with one attached hydrogen (secondary N) is 1. The lowest BCUT2D eigenvalue weighted by Crippen LogP contribution is -2.49. The number of halogens is 2. The summed E-state index contributed by atoms with van der Waals surface area (Å²) in [5.41, 5.74) is -0.0832. The Labute approximate surface area is 114 Å². The van der Waals surface area contributed by atoms with Gasteiger partial charge in [-0.1, -0.05) is 0 Å². The summed E-state index contributed by atoms with van der Waals surface area (Å²) in [5.74, 6) is -3.26. The molecule has 1 aromatic carbocycles. The van der Waals surface area contributed by atoms with Crippen LogP contribution in [0.1, 0.15) is 40.5 Å². The zero-order valence-corrected chi connectivity index (χ0v) is 11.0. The summed E-state index contributed by atoms with van der Waals surface area (Å²) in [6, 6.07) is 1.61. The highest BCUT2D eigenvalue weighted by Crippen LogP contribution is 2.29. The third kappa shape index (κ3) is 1.91. The lowest BCUT2D eigenvalue weighted by molar-refractivity contribution is 0.0541. The minimum absolute atomic E-state index is 0.0416.